The first-order valence-corrected chi connectivity index (χ1v) is 17.6. The topological polar surface area (TPSA) is 92.9 Å². The minimum atomic E-state index is -4.53. The molecule has 1 saturated carbocycles. The van der Waals surface area contributed by atoms with Gasteiger partial charge in [-0.1, -0.05) is 46.6 Å². The molecular formula is C33H38BrF2N3O4S. The van der Waals surface area contributed by atoms with Crippen LogP contribution in [0.25, 0.3) is 10.8 Å². The van der Waals surface area contributed by atoms with Crippen LogP contribution in [0.2, 0.25) is 0 Å². The number of benzene rings is 3. The van der Waals surface area contributed by atoms with Crippen molar-refractivity contribution in [1.82, 2.24) is 9.21 Å². The lowest BCUT2D eigenvalue weighted by Gasteiger charge is -2.42. The maximum absolute atomic E-state index is 16.5. The number of carbonyl (C=O) groups is 1. The molecule has 7 nitrogen and oxygen atoms in total. The molecule has 1 amide bonds. The van der Waals surface area contributed by atoms with Crippen LogP contribution in [-0.2, 0) is 20.7 Å². The van der Waals surface area contributed by atoms with Crippen molar-refractivity contribution in [2.75, 3.05) is 7.05 Å². The first kappa shape index (κ1) is 31.4. The van der Waals surface area contributed by atoms with E-state index in [4.69, 9.17) is 10.5 Å². The van der Waals surface area contributed by atoms with Crippen molar-refractivity contribution in [1.29, 1.82) is 0 Å². The van der Waals surface area contributed by atoms with Gasteiger partial charge in [-0.2, -0.15) is 13.1 Å². The number of alkyl halides is 2. The Morgan fingerprint density at radius 2 is 1.57 bits per heavy atom. The van der Waals surface area contributed by atoms with E-state index in [1.165, 1.54) is 47.7 Å². The monoisotopic (exact) mass is 689 g/mol. The second kappa shape index (κ2) is 12.3. The molecule has 6 rings (SSSR count). The largest absolute Gasteiger partial charge is 0.490 e. The van der Waals surface area contributed by atoms with Crippen LogP contribution in [-0.4, -0.2) is 60.8 Å². The number of amides is 1. The third kappa shape index (κ3) is 6.00. The second-order valence-corrected chi connectivity index (χ2v) is 15.4. The molecule has 0 spiro atoms. The Morgan fingerprint density at radius 3 is 2.23 bits per heavy atom. The van der Waals surface area contributed by atoms with Crippen LogP contribution < -0.4 is 10.5 Å². The Balaban J connectivity index is 1.34. The molecule has 2 heterocycles. The number of hydrogen-bond acceptors (Lipinski definition) is 5. The van der Waals surface area contributed by atoms with Gasteiger partial charge in [-0.05, 0) is 98.5 Å². The molecule has 2 N–H and O–H groups in total. The number of hydrogen-bond donors (Lipinski definition) is 1. The molecule has 0 aromatic heterocycles. The van der Waals surface area contributed by atoms with E-state index in [-0.39, 0.29) is 29.1 Å². The molecule has 2 bridgehead atoms. The maximum Gasteiger partial charge on any atom is 0.298 e. The van der Waals surface area contributed by atoms with E-state index in [0.29, 0.717) is 45.6 Å². The van der Waals surface area contributed by atoms with Gasteiger partial charge in [-0.15, -0.1) is 0 Å². The lowest BCUT2D eigenvalue weighted by molar-refractivity contribution is -0.154. The molecule has 236 valence electrons. The van der Waals surface area contributed by atoms with Gasteiger partial charge in [0.05, 0.1) is 11.0 Å². The Morgan fingerprint density at radius 1 is 0.955 bits per heavy atom. The highest BCUT2D eigenvalue weighted by atomic mass is 79.9. The number of likely N-dealkylation sites (N-methyl/N-ethyl adjacent to an activating group) is 1. The Labute approximate surface area is 265 Å². The average molecular weight is 691 g/mol. The van der Waals surface area contributed by atoms with E-state index in [0.717, 1.165) is 38.1 Å². The molecule has 0 radical (unpaired) electrons. The van der Waals surface area contributed by atoms with E-state index in [1.807, 2.05) is 12.1 Å². The van der Waals surface area contributed by atoms with Crippen LogP contribution in [0, 0.1) is 0 Å². The van der Waals surface area contributed by atoms with Crippen LogP contribution in [0.4, 0.5) is 8.78 Å². The summed E-state index contributed by atoms with van der Waals surface area (Å²) in [6, 6.07) is 12.3. The van der Waals surface area contributed by atoms with Gasteiger partial charge in [0, 0.05) is 35.2 Å². The van der Waals surface area contributed by atoms with Crippen molar-refractivity contribution in [2.45, 2.75) is 98.9 Å². The lowest BCUT2D eigenvalue weighted by atomic mass is 9.94. The van der Waals surface area contributed by atoms with Crippen molar-refractivity contribution in [3.63, 3.8) is 0 Å². The van der Waals surface area contributed by atoms with Crippen molar-refractivity contribution >= 4 is 42.6 Å². The summed E-state index contributed by atoms with van der Waals surface area (Å²) >= 11 is 3.26. The molecule has 44 heavy (non-hydrogen) atoms. The number of nitrogens with zero attached hydrogens (tertiary/aromatic N) is 2. The molecule has 2 aliphatic heterocycles. The number of carbonyl (C=O) groups excluding carboxylic acids is 1. The van der Waals surface area contributed by atoms with Crippen LogP contribution in [0.15, 0.2) is 70.0 Å². The fourth-order valence-corrected chi connectivity index (χ4v) is 8.82. The van der Waals surface area contributed by atoms with Gasteiger partial charge in [0.1, 0.15) is 5.75 Å². The molecule has 1 aliphatic carbocycles. The highest BCUT2D eigenvalue weighted by molar-refractivity contribution is 9.10. The van der Waals surface area contributed by atoms with Gasteiger partial charge >= 0.3 is 0 Å². The molecule has 3 aliphatic rings. The molecule has 3 atom stereocenters. The smallest absolute Gasteiger partial charge is 0.298 e. The maximum atomic E-state index is 16.5. The zero-order chi connectivity index (χ0) is 31.2. The Hall–Kier alpha value is -2.60. The summed E-state index contributed by atoms with van der Waals surface area (Å²) in [6.45, 7) is 0. The minimum Gasteiger partial charge on any atom is -0.490 e. The van der Waals surface area contributed by atoms with Crippen molar-refractivity contribution in [3.8, 4) is 5.75 Å². The van der Waals surface area contributed by atoms with E-state index in [9.17, 15) is 13.2 Å². The molecule has 3 aromatic rings. The lowest BCUT2D eigenvalue weighted by Crippen LogP contribution is -2.61. The molecule has 3 fully saturated rings. The molecule has 3 unspecified atom stereocenters. The number of ether oxygens (including phenoxy) is 1. The second-order valence-electron chi connectivity index (χ2n) is 12.5. The summed E-state index contributed by atoms with van der Waals surface area (Å²) in [7, 11) is -3.45. The Kier molecular flexibility index (Phi) is 8.78. The summed E-state index contributed by atoms with van der Waals surface area (Å²) < 4.78 is 68.4. The van der Waals surface area contributed by atoms with Gasteiger partial charge in [-0.25, -0.2) is 8.42 Å². The number of rotatable bonds is 8. The van der Waals surface area contributed by atoms with Gasteiger partial charge in [-0.3, -0.25) is 4.79 Å². The fraction of sp³-hybridized carbons (Fsp3) is 0.485. The predicted octanol–water partition coefficient (Wildman–Crippen LogP) is 6.58. The van der Waals surface area contributed by atoms with E-state index < -0.39 is 33.5 Å². The first-order chi connectivity index (χ1) is 20.9. The van der Waals surface area contributed by atoms with E-state index >= 15 is 8.78 Å². The van der Waals surface area contributed by atoms with Crippen molar-refractivity contribution in [3.05, 3.63) is 70.7 Å². The van der Waals surface area contributed by atoms with Gasteiger partial charge in [0.15, 0.2) is 6.04 Å². The van der Waals surface area contributed by atoms with E-state index in [1.54, 1.807) is 12.1 Å². The van der Waals surface area contributed by atoms with Gasteiger partial charge in [0.2, 0.25) is 15.9 Å². The van der Waals surface area contributed by atoms with Crippen LogP contribution >= 0.6 is 15.9 Å². The van der Waals surface area contributed by atoms with Crippen molar-refractivity contribution in [2.24, 2.45) is 5.73 Å². The number of sulfonamides is 1. The van der Waals surface area contributed by atoms with Gasteiger partial charge < -0.3 is 15.4 Å². The highest BCUT2D eigenvalue weighted by Crippen LogP contribution is 2.42. The summed E-state index contributed by atoms with van der Waals surface area (Å²) in [5, 5.41) is 1.40. The normalized spacial score (nSPS) is 23.7. The molecule has 3 aromatic carbocycles. The van der Waals surface area contributed by atoms with Crippen LogP contribution in [0.1, 0.15) is 63.4 Å². The SMILES string of the molecule is CN(C(C(=O)N1C2CCC1CC(N)C2)C(F)(F)c1ccc(Br)cc1)S(=O)(=O)c1ccc2cc(OC3CCCCC3)ccc2c1. The summed E-state index contributed by atoms with van der Waals surface area (Å²) in [5.74, 6) is -4.00. The quantitative estimate of drug-likeness (QED) is 0.289. The standard InChI is InChI=1S/C33H38BrF2N3O4S/c1-38(44(41,42)30-16-8-21-17-29(15-7-22(21)18-30)43-28-5-3-2-4-6-28)31(33(35,36)23-9-11-24(34)12-10-23)32(40)39-26-13-14-27(39)20-25(37)19-26/h7-12,15-18,25-28,31H,2-6,13-14,19-20,37H2,1H3. The molecule has 2 saturated heterocycles. The number of fused-ring (bicyclic) bond motifs is 3. The zero-order valence-corrected chi connectivity index (χ0v) is 27.1. The third-order valence-corrected chi connectivity index (χ3v) is 11.9. The molecular weight excluding hydrogens is 652 g/mol. The predicted molar refractivity (Wildman–Crippen MR) is 169 cm³/mol. The number of nitrogens with two attached hydrogens (primary N) is 1. The fourth-order valence-electron chi connectivity index (χ4n) is 7.21. The van der Waals surface area contributed by atoms with Crippen molar-refractivity contribution < 1.29 is 26.7 Å². The molecule has 11 heteroatoms. The summed E-state index contributed by atoms with van der Waals surface area (Å²) in [6.07, 6.45) is 8.03. The minimum absolute atomic E-state index is 0.116. The van der Waals surface area contributed by atoms with Crippen LogP contribution in [0.5, 0.6) is 5.75 Å². The summed E-state index contributed by atoms with van der Waals surface area (Å²) in [4.78, 5) is 15.5. The third-order valence-electron chi connectivity index (χ3n) is 9.51. The summed E-state index contributed by atoms with van der Waals surface area (Å²) in [5.41, 5.74) is 5.75. The number of piperidine rings is 1. The first-order valence-electron chi connectivity index (χ1n) is 15.4. The van der Waals surface area contributed by atoms with Gasteiger partial charge in [0.25, 0.3) is 5.92 Å². The number of halogens is 3. The Bertz CT molecular complexity index is 1620. The van der Waals surface area contributed by atoms with E-state index in [2.05, 4.69) is 15.9 Å². The zero-order valence-electron chi connectivity index (χ0n) is 24.7. The average Bonchev–Trinajstić information content (AvgIpc) is 3.28. The highest BCUT2D eigenvalue weighted by Gasteiger charge is 2.56. The van der Waals surface area contributed by atoms with Crippen LogP contribution in [0.3, 0.4) is 0 Å².